The van der Waals surface area contributed by atoms with E-state index in [1.807, 2.05) is 24.4 Å². The van der Waals surface area contributed by atoms with Crippen LogP contribution in [0.4, 0.5) is 5.69 Å². The number of hydrogen-bond acceptors (Lipinski definition) is 8. The lowest BCUT2D eigenvalue weighted by Crippen LogP contribution is -2.45. The molecule has 0 bridgehead atoms. The van der Waals surface area contributed by atoms with Crippen LogP contribution in [-0.4, -0.2) is 73.4 Å². The summed E-state index contributed by atoms with van der Waals surface area (Å²) in [4.78, 5) is 27.0. The maximum Gasteiger partial charge on any atom is 0.262 e. The molecular formula is C34H49N5O5. The van der Waals surface area contributed by atoms with Crippen molar-refractivity contribution >= 4 is 23.2 Å². The number of nitrogens with two attached hydrogens (primary N) is 1. The third-order valence-electron chi connectivity index (χ3n) is 8.09. The van der Waals surface area contributed by atoms with Crippen LogP contribution in [0.2, 0.25) is 0 Å². The molecule has 0 unspecified atom stereocenters. The number of nitrogens with zero attached hydrogens (tertiary/aromatic N) is 1. The summed E-state index contributed by atoms with van der Waals surface area (Å²) in [5, 5.41) is 19.5. The number of rotatable bonds is 16. The summed E-state index contributed by atoms with van der Waals surface area (Å²) in [7, 11) is 0. The number of aromatic hydroxyl groups is 1. The summed E-state index contributed by atoms with van der Waals surface area (Å²) in [6, 6.07) is 12.2. The standard InChI is InChI=1S/C34H49N5O5/c1-24(2)37-22-29(35)27-8-6-7-25(21-27)14-19-43-20-15-32(42)39(28-9-4-3-5-10-28)18-17-36-16-13-26-11-12-30(40)33-34(26)44-23-31(41)38-33/h6-8,11-12,21-22,24,28,36-37,40H,3-5,9-10,13-20,23,35H2,1-2H3,(H,38,41)/b29-22-. The topological polar surface area (TPSA) is 138 Å². The van der Waals surface area contributed by atoms with Gasteiger partial charge < -0.3 is 41.2 Å². The Balaban J connectivity index is 1.20. The van der Waals surface area contributed by atoms with Gasteiger partial charge in [0.25, 0.3) is 5.91 Å². The van der Waals surface area contributed by atoms with E-state index >= 15 is 0 Å². The number of nitrogens with one attached hydrogen (secondary N) is 3. The molecule has 1 saturated carbocycles. The summed E-state index contributed by atoms with van der Waals surface area (Å²) in [6.45, 7) is 7.04. The molecule has 0 spiro atoms. The Bertz CT molecular complexity index is 1270. The van der Waals surface area contributed by atoms with Crippen molar-refractivity contribution in [2.45, 2.75) is 77.3 Å². The molecule has 6 N–H and O–H groups in total. The molecule has 1 heterocycles. The summed E-state index contributed by atoms with van der Waals surface area (Å²) in [5.41, 5.74) is 10.3. The summed E-state index contributed by atoms with van der Waals surface area (Å²) in [6.07, 6.45) is 9.30. The zero-order valence-electron chi connectivity index (χ0n) is 26.2. The van der Waals surface area contributed by atoms with E-state index in [0.29, 0.717) is 68.9 Å². The van der Waals surface area contributed by atoms with E-state index in [-0.39, 0.29) is 30.2 Å². The minimum atomic E-state index is -0.278. The Hall–Kier alpha value is -3.76. The molecule has 1 fully saturated rings. The first-order valence-corrected chi connectivity index (χ1v) is 16.0. The molecule has 10 nitrogen and oxygen atoms in total. The van der Waals surface area contributed by atoms with Crippen molar-refractivity contribution in [2.75, 3.05) is 44.8 Å². The first-order valence-electron chi connectivity index (χ1n) is 16.0. The van der Waals surface area contributed by atoms with Crippen molar-refractivity contribution in [1.82, 2.24) is 15.5 Å². The molecule has 10 heteroatoms. The molecule has 240 valence electrons. The smallest absolute Gasteiger partial charge is 0.262 e. The molecule has 1 aliphatic heterocycles. The highest BCUT2D eigenvalue weighted by molar-refractivity contribution is 5.97. The molecule has 0 aromatic heterocycles. The number of phenols is 1. The lowest BCUT2D eigenvalue weighted by atomic mass is 9.94. The van der Waals surface area contributed by atoms with Gasteiger partial charge in [0, 0.05) is 31.4 Å². The van der Waals surface area contributed by atoms with Crippen molar-refractivity contribution in [3.8, 4) is 11.5 Å². The molecular weight excluding hydrogens is 558 g/mol. The highest BCUT2D eigenvalue weighted by atomic mass is 16.5. The molecule has 4 rings (SSSR count). The van der Waals surface area contributed by atoms with Gasteiger partial charge in [-0.2, -0.15) is 0 Å². The minimum Gasteiger partial charge on any atom is -0.506 e. The van der Waals surface area contributed by atoms with Gasteiger partial charge in [-0.15, -0.1) is 0 Å². The van der Waals surface area contributed by atoms with Crippen molar-refractivity contribution in [1.29, 1.82) is 0 Å². The second-order valence-electron chi connectivity index (χ2n) is 11.9. The number of amides is 2. The SMILES string of the molecule is CC(C)N/C=C(\N)c1cccc(CCOCCC(=O)N(CCNCCc2ccc(O)c3c2OCC(=O)N3)C2CCCCC2)c1. The van der Waals surface area contributed by atoms with Crippen LogP contribution >= 0.6 is 0 Å². The highest BCUT2D eigenvalue weighted by Gasteiger charge is 2.25. The largest absolute Gasteiger partial charge is 0.506 e. The molecule has 2 aliphatic rings. The molecule has 0 atom stereocenters. The fourth-order valence-electron chi connectivity index (χ4n) is 5.70. The zero-order chi connectivity index (χ0) is 31.3. The molecule has 2 aromatic rings. The molecule has 1 aliphatic carbocycles. The van der Waals surface area contributed by atoms with E-state index in [4.69, 9.17) is 15.2 Å². The Labute approximate surface area is 261 Å². The van der Waals surface area contributed by atoms with Gasteiger partial charge in [-0.05, 0) is 74.9 Å². The van der Waals surface area contributed by atoms with Crippen LogP contribution in [0.25, 0.3) is 5.70 Å². The maximum atomic E-state index is 13.3. The first kappa shape index (κ1) is 33.1. The monoisotopic (exact) mass is 607 g/mol. The Morgan fingerprint density at radius 3 is 2.77 bits per heavy atom. The Morgan fingerprint density at radius 1 is 1.16 bits per heavy atom. The normalized spacial score (nSPS) is 15.4. The minimum absolute atomic E-state index is 0.00233. The predicted octanol–water partition coefficient (Wildman–Crippen LogP) is 3.92. The van der Waals surface area contributed by atoms with Gasteiger partial charge in [-0.1, -0.05) is 43.5 Å². The summed E-state index contributed by atoms with van der Waals surface area (Å²) >= 11 is 0. The number of ether oxygens (including phenoxy) is 2. The molecule has 2 aromatic carbocycles. The van der Waals surface area contributed by atoms with Crippen molar-refractivity contribution < 1.29 is 24.2 Å². The third kappa shape index (κ3) is 9.89. The van der Waals surface area contributed by atoms with E-state index in [2.05, 4.69) is 46.8 Å². The number of phenolic OH excluding ortho intramolecular Hbond substituents is 1. The summed E-state index contributed by atoms with van der Waals surface area (Å²) < 4.78 is 11.5. The quantitative estimate of drug-likeness (QED) is 0.143. The van der Waals surface area contributed by atoms with Gasteiger partial charge in [-0.3, -0.25) is 9.59 Å². The predicted molar refractivity (Wildman–Crippen MR) is 173 cm³/mol. The number of fused-ring (bicyclic) bond motifs is 1. The number of hydrogen-bond donors (Lipinski definition) is 5. The van der Waals surface area contributed by atoms with Crippen LogP contribution in [0.5, 0.6) is 11.5 Å². The lowest BCUT2D eigenvalue weighted by Gasteiger charge is -2.34. The van der Waals surface area contributed by atoms with E-state index in [1.165, 1.54) is 6.42 Å². The average Bonchev–Trinajstić information content (AvgIpc) is 3.03. The third-order valence-corrected chi connectivity index (χ3v) is 8.09. The number of benzene rings is 2. The second-order valence-corrected chi connectivity index (χ2v) is 11.9. The number of carbonyl (C=O) groups excluding carboxylic acids is 2. The van der Waals surface area contributed by atoms with Crippen LogP contribution in [0, 0.1) is 0 Å². The lowest BCUT2D eigenvalue weighted by molar-refractivity contribution is -0.135. The van der Waals surface area contributed by atoms with E-state index in [9.17, 15) is 14.7 Å². The molecule has 0 radical (unpaired) electrons. The first-order chi connectivity index (χ1) is 21.3. The van der Waals surface area contributed by atoms with Crippen LogP contribution in [-0.2, 0) is 27.2 Å². The van der Waals surface area contributed by atoms with E-state index < -0.39 is 0 Å². The van der Waals surface area contributed by atoms with Gasteiger partial charge in [0.1, 0.15) is 11.4 Å². The van der Waals surface area contributed by atoms with Gasteiger partial charge >= 0.3 is 0 Å². The van der Waals surface area contributed by atoms with Crippen molar-refractivity contribution in [2.24, 2.45) is 5.73 Å². The molecule has 44 heavy (non-hydrogen) atoms. The zero-order valence-corrected chi connectivity index (χ0v) is 26.2. The fourth-order valence-corrected chi connectivity index (χ4v) is 5.70. The van der Waals surface area contributed by atoms with E-state index in [1.54, 1.807) is 6.07 Å². The van der Waals surface area contributed by atoms with Crippen molar-refractivity contribution in [3.63, 3.8) is 0 Å². The van der Waals surface area contributed by atoms with Crippen LogP contribution in [0.15, 0.2) is 42.6 Å². The molecule has 0 saturated heterocycles. The van der Waals surface area contributed by atoms with Crippen LogP contribution < -0.4 is 26.4 Å². The van der Waals surface area contributed by atoms with E-state index in [0.717, 1.165) is 48.8 Å². The van der Waals surface area contributed by atoms with Crippen LogP contribution in [0.3, 0.4) is 0 Å². The fraction of sp³-hybridized carbons (Fsp3) is 0.529. The van der Waals surface area contributed by atoms with Gasteiger partial charge in [-0.25, -0.2) is 0 Å². The second kappa shape index (κ2) is 16.9. The average molecular weight is 608 g/mol. The van der Waals surface area contributed by atoms with Gasteiger partial charge in [0.15, 0.2) is 12.4 Å². The van der Waals surface area contributed by atoms with Gasteiger partial charge in [0.05, 0.1) is 25.3 Å². The van der Waals surface area contributed by atoms with Crippen LogP contribution in [0.1, 0.15) is 69.1 Å². The van der Waals surface area contributed by atoms with Crippen molar-refractivity contribution in [3.05, 3.63) is 59.3 Å². The summed E-state index contributed by atoms with van der Waals surface area (Å²) in [5.74, 6) is 0.392. The Morgan fingerprint density at radius 2 is 1.98 bits per heavy atom. The Kier molecular flexibility index (Phi) is 12.7. The number of anilines is 1. The number of carbonyl (C=O) groups is 2. The van der Waals surface area contributed by atoms with Gasteiger partial charge in [0.2, 0.25) is 5.91 Å². The maximum absolute atomic E-state index is 13.3. The highest BCUT2D eigenvalue weighted by Crippen LogP contribution is 2.39. The molecule has 2 amide bonds.